The van der Waals surface area contributed by atoms with Gasteiger partial charge in [-0.25, -0.2) is 9.97 Å². The van der Waals surface area contributed by atoms with Gasteiger partial charge in [-0.2, -0.15) is 0 Å². The Balaban J connectivity index is 1.76. The highest BCUT2D eigenvalue weighted by atomic mass is 15.0. The summed E-state index contributed by atoms with van der Waals surface area (Å²) in [6, 6.07) is 16.6. The zero-order chi connectivity index (χ0) is 13.8. The summed E-state index contributed by atoms with van der Waals surface area (Å²) in [5, 5.41) is 5.79. The molecule has 20 heavy (non-hydrogen) atoms. The van der Waals surface area contributed by atoms with Crippen molar-refractivity contribution >= 4 is 16.6 Å². The fourth-order valence-electron chi connectivity index (χ4n) is 2.14. The third-order valence-electron chi connectivity index (χ3n) is 3.18. The molecular formula is C16H16N4. The largest absolute Gasteiger partial charge is 0.366 e. The molecule has 4 heteroatoms. The van der Waals surface area contributed by atoms with Gasteiger partial charge >= 0.3 is 0 Å². The Morgan fingerprint density at radius 2 is 1.85 bits per heavy atom. The van der Waals surface area contributed by atoms with Crippen LogP contribution in [0.25, 0.3) is 10.8 Å². The van der Waals surface area contributed by atoms with Crippen molar-refractivity contribution in [3.05, 3.63) is 66.1 Å². The summed E-state index contributed by atoms with van der Waals surface area (Å²) >= 11 is 0. The fraction of sp³-hybridized carbons (Fsp3) is 0.125. The number of nitrogens with two attached hydrogens (primary N) is 1. The van der Waals surface area contributed by atoms with Gasteiger partial charge in [-0.15, -0.1) is 0 Å². The van der Waals surface area contributed by atoms with E-state index in [0.29, 0.717) is 12.4 Å². The average molecular weight is 264 g/mol. The highest BCUT2D eigenvalue weighted by molar-refractivity contribution is 5.83. The zero-order valence-corrected chi connectivity index (χ0v) is 11.1. The fourth-order valence-corrected chi connectivity index (χ4v) is 2.14. The van der Waals surface area contributed by atoms with E-state index in [0.717, 1.165) is 12.4 Å². The lowest BCUT2D eigenvalue weighted by atomic mass is 10.1. The van der Waals surface area contributed by atoms with Crippen LogP contribution in [-0.4, -0.2) is 9.97 Å². The van der Waals surface area contributed by atoms with Gasteiger partial charge in [-0.05, 0) is 28.5 Å². The van der Waals surface area contributed by atoms with E-state index in [2.05, 4.69) is 57.7 Å². The molecule has 0 spiro atoms. The minimum atomic E-state index is 0.353. The maximum atomic E-state index is 5.54. The molecule has 0 bridgehead atoms. The molecule has 0 saturated carbocycles. The van der Waals surface area contributed by atoms with Crippen molar-refractivity contribution in [1.82, 2.24) is 9.97 Å². The number of anilines is 1. The van der Waals surface area contributed by atoms with Crippen molar-refractivity contribution in [1.29, 1.82) is 0 Å². The number of rotatable bonds is 4. The third kappa shape index (κ3) is 2.75. The molecular weight excluding hydrogens is 248 g/mol. The molecule has 0 aliphatic heterocycles. The summed E-state index contributed by atoms with van der Waals surface area (Å²) in [6.45, 7) is 1.08. The average Bonchev–Trinajstić information content (AvgIpc) is 2.53. The molecule has 0 amide bonds. The Kier molecular flexibility index (Phi) is 3.56. The van der Waals surface area contributed by atoms with Gasteiger partial charge in [0.1, 0.15) is 11.6 Å². The van der Waals surface area contributed by atoms with Crippen LogP contribution in [0, 0.1) is 0 Å². The summed E-state index contributed by atoms with van der Waals surface area (Å²) in [4.78, 5) is 8.40. The van der Waals surface area contributed by atoms with Crippen molar-refractivity contribution in [2.45, 2.75) is 13.1 Å². The summed E-state index contributed by atoms with van der Waals surface area (Å²) < 4.78 is 0. The molecule has 100 valence electrons. The lowest BCUT2D eigenvalue weighted by Crippen LogP contribution is -2.07. The van der Waals surface area contributed by atoms with E-state index in [-0.39, 0.29) is 0 Å². The standard InChI is InChI=1S/C16H16N4/c17-10-16-18-8-7-15(20-16)19-11-12-5-6-13-3-1-2-4-14(13)9-12/h1-9H,10-11,17H2,(H,18,19,20). The van der Waals surface area contributed by atoms with E-state index < -0.39 is 0 Å². The van der Waals surface area contributed by atoms with E-state index in [1.165, 1.54) is 16.3 Å². The number of benzene rings is 2. The molecule has 0 aliphatic carbocycles. The number of hydrogen-bond donors (Lipinski definition) is 2. The van der Waals surface area contributed by atoms with Crippen LogP contribution in [0.3, 0.4) is 0 Å². The van der Waals surface area contributed by atoms with E-state index in [1.807, 2.05) is 6.07 Å². The van der Waals surface area contributed by atoms with Gasteiger partial charge in [-0.3, -0.25) is 0 Å². The predicted octanol–water partition coefficient (Wildman–Crippen LogP) is 2.70. The molecule has 0 atom stereocenters. The second-order valence-corrected chi connectivity index (χ2v) is 4.60. The first-order valence-electron chi connectivity index (χ1n) is 6.59. The minimum absolute atomic E-state index is 0.353. The number of hydrogen-bond acceptors (Lipinski definition) is 4. The van der Waals surface area contributed by atoms with Crippen molar-refractivity contribution in [2.75, 3.05) is 5.32 Å². The highest BCUT2D eigenvalue weighted by Gasteiger charge is 1.99. The number of nitrogens with zero attached hydrogens (tertiary/aromatic N) is 2. The Morgan fingerprint density at radius 1 is 1.00 bits per heavy atom. The normalized spacial score (nSPS) is 10.7. The van der Waals surface area contributed by atoms with Gasteiger partial charge in [0.25, 0.3) is 0 Å². The van der Waals surface area contributed by atoms with Crippen molar-refractivity contribution in [3.63, 3.8) is 0 Å². The Labute approximate surface area is 117 Å². The van der Waals surface area contributed by atoms with Crippen LogP contribution in [0.4, 0.5) is 5.82 Å². The third-order valence-corrected chi connectivity index (χ3v) is 3.18. The second-order valence-electron chi connectivity index (χ2n) is 4.60. The maximum Gasteiger partial charge on any atom is 0.144 e. The monoisotopic (exact) mass is 264 g/mol. The van der Waals surface area contributed by atoms with Gasteiger partial charge < -0.3 is 11.1 Å². The Bertz CT molecular complexity index is 724. The van der Waals surface area contributed by atoms with E-state index >= 15 is 0 Å². The van der Waals surface area contributed by atoms with Crippen LogP contribution >= 0.6 is 0 Å². The van der Waals surface area contributed by atoms with E-state index in [1.54, 1.807) is 6.20 Å². The molecule has 3 rings (SSSR count). The van der Waals surface area contributed by atoms with Crippen molar-refractivity contribution in [3.8, 4) is 0 Å². The molecule has 0 unspecified atom stereocenters. The molecule has 3 N–H and O–H groups in total. The first kappa shape index (κ1) is 12.6. The summed E-state index contributed by atoms with van der Waals surface area (Å²) in [6.07, 6.45) is 1.72. The van der Waals surface area contributed by atoms with Gasteiger partial charge in [0, 0.05) is 12.7 Å². The summed E-state index contributed by atoms with van der Waals surface area (Å²) in [5.74, 6) is 1.45. The first-order chi connectivity index (χ1) is 9.85. The number of aromatic nitrogens is 2. The molecule has 1 aromatic heterocycles. The highest BCUT2D eigenvalue weighted by Crippen LogP contribution is 2.16. The van der Waals surface area contributed by atoms with Crippen LogP contribution in [0.1, 0.15) is 11.4 Å². The molecule has 3 aromatic rings. The Morgan fingerprint density at radius 3 is 2.70 bits per heavy atom. The van der Waals surface area contributed by atoms with E-state index in [9.17, 15) is 0 Å². The molecule has 4 nitrogen and oxygen atoms in total. The van der Waals surface area contributed by atoms with Gasteiger partial charge in [0.15, 0.2) is 0 Å². The first-order valence-corrected chi connectivity index (χ1v) is 6.59. The Hall–Kier alpha value is -2.46. The molecule has 0 saturated heterocycles. The van der Waals surface area contributed by atoms with Crippen LogP contribution in [0.15, 0.2) is 54.7 Å². The maximum absolute atomic E-state index is 5.54. The SMILES string of the molecule is NCc1nccc(NCc2ccc3ccccc3c2)n1. The van der Waals surface area contributed by atoms with Crippen LogP contribution in [-0.2, 0) is 13.1 Å². The molecule has 0 radical (unpaired) electrons. The number of fused-ring (bicyclic) bond motifs is 1. The van der Waals surface area contributed by atoms with Crippen LogP contribution in [0.5, 0.6) is 0 Å². The van der Waals surface area contributed by atoms with Crippen molar-refractivity contribution < 1.29 is 0 Å². The summed E-state index contributed by atoms with van der Waals surface area (Å²) in [7, 11) is 0. The summed E-state index contributed by atoms with van der Waals surface area (Å²) in [5.41, 5.74) is 6.75. The van der Waals surface area contributed by atoms with E-state index in [4.69, 9.17) is 5.73 Å². The lowest BCUT2D eigenvalue weighted by Gasteiger charge is -2.07. The van der Waals surface area contributed by atoms with Crippen LogP contribution in [0.2, 0.25) is 0 Å². The molecule has 2 aromatic carbocycles. The topological polar surface area (TPSA) is 63.8 Å². The lowest BCUT2D eigenvalue weighted by molar-refractivity contribution is 0.904. The predicted molar refractivity (Wildman–Crippen MR) is 81.2 cm³/mol. The van der Waals surface area contributed by atoms with Gasteiger partial charge in [0.2, 0.25) is 0 Å². The number of nitrogens with one attached hydrogen (secondary N) is 1. The molecule has 1 heterocycles. The molecule has 0 aliphatic rings. The van der Waals surface area contributed by atoms with Gasteiger partial charge in [0.05, 0.1) is 6.54 Å². The van der Waals surface area contributed by atoms with Crippen LogP contribution < -0.4 is 11.1 Å². The smallest absolute Gasteiger partial charge is 0.144 e. The molecule has 0 fully saturated rings. The minimum Gasteiger partial charge on any atom is -0.366 e. The van der Waals surface area contributed by atoms with Crippen molar-refractivity contribution in [2.24, 2.45) is 5.73 Å². The zero-order valence-electron chi connectivity index (χ0n) is 11.1. The quantitative estimate of drug-likeness (QED) is 0.760. The van der Waals surface area contributed by atoms with Gasteiger partial charge in [-0.1, -0.05) is 36.4 Å². The second kappa shape index (κ2) is 5.67.